The zero-order valence-corrected chi connectivity index (χ0v) is 23.8. The van der Waals surface area contributed by atoms with Crippen LogP contribution in [0, 0.1) is 0 Å². The highest BCUT2D eigenvalue weighted by Crippen LogP contribution is 2.33. The van der Waals surface area contributed by atoms with E-state index < -0.39 is 11.9 Å². The number of aromatic hydroxyl groups is 1. The zero-order valence-electron chi connectivity index (χ0n) is 22.9. The van der Waals surface area contributed by atoms with Gasteiger partial charge in [-0.3, -0.25) is 9.59 Å². The Kier molecular flexibility index (Phi) is 8.63. The van der Waals surface area contributed by atoms with Crippen LogP contribution < -0.4 is 0 Å². The number of methoxy groups -OCH3 is 1. The van der Waals surface area contributed by atoms with Crippen molar-refractivity contribution in [1.29, 1.82) is 0 Å². The van der Waals surface area contributed by atoms with Gasteiger partial charge in [0.05, 0.1) is 18.5 Å². The maximum absolute atomic E-state index is 13.3. The van der Waals surface area contributed by atoms with E-state index in [-0.39, 0.29) is 52.1 Å². The summed E-state index contributed by atoms with van der Waals surface area (Å²) in [6.07, 6.45) is 2.83. The summed E-state index contributed by atoms with van der Waals surface area (Å²) in [7, 11) is 1.22. The highest BCUT2D eigenvalue weighted by Gasteiger charge is 2.28. The van der Waals surface area contributed by atoms with Crippen molar-refractivity contribution in [3.8, 4) is 5.75 Å². The molecule has 1 aliphatic carbocycles. The van der Waals surface area contributed by atoms with Crippen molar-refractivity contribution in [3.63, 3.8) is 0 Å². The Balaban J connectivity index is 1.29. The summed E-state index contributed by atoms with van der Waals surface area (Å²) in [5.41, 5.74) is 3.53. The molecule has 0 fully saturated rings. The van der Waals surface area contributed by atoms with Crippen LogP contribution >= 0.6 is 11.3 Å². The van der Waals surface area contributed by atoms with Crippen LogP contribution in [0.25, 0.3) is 5.57 Å². The van der Waals surface area contributed by atoms with Gasteiger partial charge in [0, 0.05) is 23.3 Å². The van der Waals surface area contributed by atoms with Gasteiger partial charge in [-0.25, -0.2) is 14.6 Å². The Bertz CT molecular complexity index is 1820. The maximum Gasteiger partial charge on any atom is 0.357 e. The number of phenols is 1. The van der Waals surface area contributed by atoms with Gasteiger partial charge in [0.2, 0.25) is 5.78 Å². The van der Waals surface area contributed by atoms with E-state index in [2.05, 4.69) is 15.2 Å². The lowest BCUT2D eigenvalue weighted by Gasteiger charge is -2.05. The first-order valence-corrected chi connectivity index (χ1v) is 14.1. The number of aromatic carboxylic acids is 1. The maximum atomic E-state index is 13.3. The monoisotopic (exact) mass is 595 g/mol. The quantitative estimate of drug-likeness (QED) is 0.116. The highest BCUT2D eigenvalue weighted by molar-refractivity contribution is 7.14. The number of hydrogen-bond donors (Lipinski definition) is 2. The molecule has 216 valence electrons. The fourth-order valence-corrected chi connectivity index (χ4v) is 5.70. The normalized spacial score (nSPS) is 12.2. The molecule has 0 aliphatic heterocycles. The first-order chi connectivity index (χ1) is 20.7. The standard InChI is InChI=1S/C32H25N3O7S/c1-42-32(41)28-27(43-30(33-28)29(38)23-14-11-18-6-2-4-8-22(18)23)17-21(36)13-10-19-7-3-5-9-25(19)35-34-20-12-15-26(37)24(16-20)31(39)40/h2-9,12,14-16,37H,10-11,13,17H2,1H3,(H,39,40). The van der Waals surface area contributed by atoms with Crippen molar-refractivity contribution in [2.75, 3.05) is 7.11 Å². The Morgan fingerprint density at radius 2 is 1.77 bits per heavy atom. The molecular weight excluding hydrogens is 570 g/mol. The van der Waals surface area contributed by atoms with E-state index in [1.54, 1.807) is 24.3 Å². The summed E-state index contributed by atoms with van der Waals surface area (Å²) in [5, 5.41) is 27.4. The number of Topliss-reactive ketones (excluding diaryl/α,β-unsaturated/α-hetero) is 2. The van der Waals surface area contributed by atoms with Gasteiger partial charge in [0.25, 0.3) is 0 Å². The topological polar surface area (TPSA) is 156 Å². The number of fused-ring (bicyclic) bond motifs is 1. The molecule has 11 heteroatoms. The van der Waals surface area contributed by atoms with Crippen molar-refractivity contribution in [2.45, 2.75) is 25.7 Å². The lowest BCUT2D eigenvalue weighted by molar-refractivity contribution is -0.118. The smallest absolute Gasteiger partial charge is 0.357 e. The number of benzene rings is 3. The number of ketones is 2. The lowest BCUT2D eigenvalue weighted by atomic mass is 10.0. The van der Waals surface area contributed by atoms with Crippen molar-refractivity contribution >= 4 is 51.8 Å². The summed E-state index contributed by atoms with van der Waals surface area (Å²) >= 11 is 1.02. The third-order valence-corrected chi connectivity index (χ3v) is 7.91. The third kappa shape index (κ3) is 6.47. The molecule has 1 aromatic heterocycles. The van der Waals surface area contributed by atoms with Crippen LogP contribution in [0.4, 0.5) is 11.4 Å². The van der Waals surface area contributed by atoms with E-state index in [0.717, 1.165) is 28.0 Å². The number of carboxylic acids is 1. The first kappa shape index (κ1) is 29.2. The fourth-order valence-electron chi connectivity index (χ4n) is 4.67. The van der Waals surface area contributed by atoms with Crippen molar-refractivity contribution < 1.29 is 34.1 Å². The predicted molar refractivity (Wildman–Crippen MR) is 159 cm³/mol. The van der Waals surface area contributed by atoms with Gasteiger partial charge in [-0.2, -0.15) is 10.2 Å². The van der Waals surface area contributed by atoms with Gasteiger partial charge in [-0.05, 0) is 53.8 Å². The fraction of sp³-hybridized carbons (Fsp3) is 0.156. The summed E-state index contributed by atoms with van der Waals surface area (Å²) in [4.78, 5) is 54.8. The third-order valence-electron chi connectivity index (χ3n) is 6.85. The summed E-state index contributed by atoms with van der Waals surface area (Å²) < 4.78 is 4.87. The molecular formula is C32H25N3O7S. The van der Waals surface area contributed by atoms with Crippen LogP contribution in [0.2, 0.25) is 0 Å². The number of aryl methyl sites for hydroxylation is 1. The number of nitrogens with zero attached hydrogens (tertiary/aromatic N) is 3. The molecule has 1 heterocycles. The molecule has 4 aromatic rings. The number of hydrogen-bond acceptors (Lipinski definition) is 10. The number of ether oxygens (including phenoxy) is 1. The molecule has 0 saturated carbocycles. The second-order valence-corrected chi connectivity index (χ2v) is 10.7. The molecule has 2 N–H and O–H groups in total. The molecule has 0 saturated heterocycles. The molecule has 0 radical (unpaired) electrons. The lowest BCUT2D eigenvalue weighted by Crippen LogP contribution is -2.10. The van der Waals surface area contributed by atoms with Crippen LogP contribution in [0.1, 0.15) is 58.6 Å². The number of thiazole rings is 1. The molecule has 10 nitrogen and oxygen atoms in total. The number of carbonyl (C=O) groups is 4. The average Bonchev–Trinajstić information content (AvgIpc) is 3.64. The van der Waals surface area contributed by atoms with Gasteiger partial charge in [-0.15, -0.1) is 11.3 Å². The van der Waals surface area contributed by atoms with E-state index in [9.17, 15) is 29.4 Å². The van der Waals surface area contributed by atoms with Crippen LogP contribution in [0.3, 0.4) is 0 Å². The number of rotatable bonds is 11. The van der Waals surface area contributed by atoms with E-state index in [4.69, 9.17) is 4.74 Å². The minimum absolute atomic E-state index is 0.0417. The largest absolute Gasteiger partial charge is 0.507 e. The van der Waals surface area contributed by atoms with Gasteiger partial charge >= 0.3 is 11.9 Å². The van der Waals surface area contributed by atoms with Crippen molar-refractivity contribution in [1.82, 2.24) is 4.98 Å². The summed E-state index contributed by atoms with van der Waals surface area (Å²) in [5.74, 6) is -2.86. The Labute approximate surface area is 250 Å². The van der Waals surface area contributed by atoms with Gasteiger partial charge in [0.15, 0.2) is 10.7 Å². The molecule has 3 aromatic carbocycles. The molecule has 1 aliphatic rings. The highest BCUT2D eigenvalue weighted by atomic mass is 32.1. The number of esters is 1. The van der Waals surface area contributed by atoms with Gasteiger partial charge in [-0.1, -0.05) is 48.5 Å². The molecule has 0 bridgehead atoms. The predicted octanol–water partition coefficient (Wildman–Crippen LogP) is 6.32. The van der Waals surface area contributed by atoms with Crippen LogP contribution in [0.15, 0.2) is 83.0 Å². The van der Waals surface area contributed by atoms with Crippen molar-refractivity contribution in [3.05, 3.63) is 111 Å². The molecule has 0 amide bonds. The molecule has 43 heavy (non-hydrogen) atoms. The van der Waals surface area contributed by atoms with E-state index in [1.807, 2.05) is 30.3 Å². The van der Waals surface area contributed by atoms with E-state index in [0.29, 0.717) is 29.0 Å². The van der Waals surface area contributed by atoms with Crippen LogP contribution in [0.5, 0.6) is 5.75 Å². The second-order valence-electron chi connectivity index (χ2n) is 9.64. The number of aromatic nitrogens is 1. The molecule has 0 spiro atoms. The molecule has 5 rings (SSSR count). The van der Waals surface area contributed by atoms with Crippen LogP contribution in [-0.4, -0.2) is 45.8 Å². The SMILES string of the molecule is COC(=O)c1nc(C(=O)C2=CCc3ccccc32)sc1CC(=O)CCc1ccccc1N=Nc1ccc(O)c(C(=O)O)c1. The summed E-state index contributed by atoms with van der Waals surface area (Å²) in [6.45, 7) is 0. The van der Waals surface area contributed by atoms with Crippen molar-refractivity contribution in [2.24, 2.45) is 10.2 Å². The number of carboxylic acid groups (broad SMARTS) is 1. The minimum Gasteiger partial charge on any atom is -0.507 e. The Morgan fingerprint density at radius 1 is 1.00 bits per heavy atom. The van der Waals surface area contributed by atoms with Crippen LogP contribution in [-0.2, 0) is 28.8 Å². The zero-order chi connectivity index (χ0) is 30.5. The minimum atomic E-state index is -1.29. The second kappa shape index (κ2) is 12.7. The summed E-state index contributed by atoms with van der Waals surface area (Å²) in [6, 6.07) is 18.6. The van der Waals surface area contributed by atoms with E-state index in [1.165, 1.54) is 25.3 Å². The van der Waals surface area contributed by atoms with Gasteiger partial charge in [0.1, 0.15) is 17.1 Å². The number of carbonyl (C=O) groups excluding carboxylic acids is 3. The average molecular weight is 596 g/mol. The number of allylic oxidation sites excluding steroid dienone is 2. The Morgan fingerprint density at radius 3 is 2.56 bits per heavy atom. The molecule has 0 unspecified atom stereocenters. The van der Waals surface area contributed by atoms with Gasteiger partial charge < -0.3 is 14.9 Å². The Hall–Kier alpha value is -5.29. The molecule has 0 atom stereocenters. The van der Waals surface area contributed by atoms with E-state index >= 15 is 0 Å². The first-order valence-electron chi connectivity index (χ1n) is 13.2. The number of azo groups is 1.